The Morgan fingerprint density at radius 1 is 1.36 bits per heavy atom. The lowest BCUT2D eigenvalue weighted by Gasteiger charge is -2.41. The number of hydrogen-bond acceptors (Lipinski definition) is 1. The fraction of sp³-hybridized carbons (Fsp3) is 0.417. The van der Waals surface area contributed by atoms with Crippen LogP contribution in [0.25, 0.3) is 0 Å². The number of carbonyl (C=O) groups excluding carboxylic acids is 1. The molecule has 1 aliphatic heterocycles. The molecule has 1 atom stereocenters. The highest BCUT2D eigenvalue weighted by Crippen LogP contribution is 2.34. The topological polar surface area (TPSA) is 29.1 Å². The predicted molar refractivity (Wildman–Crippen MR) is 56.0 cm³/mol. The van der Waals surface area contributed by atoms with Gasteiger partial charge in [0.2, 0.25) is 5.91 Å². The molecule has 0 aliphatic carbocycles. The fourth-order valence-corrected chi connectivity index (χ4v) is 2.14. The van der Waals surface area contributed by atoms with E-state index in [9.17, 15) is 4.79 Å². The van der Waals surface area contributed by atoms with E-state index >= 15 is 0 Å². The second kappa shape index (κ2) is 3.45. The highest BCUT2D eigenvalue weighted by Gasteiger charge is 2.46. The maximum Gasteiger partial charge on any atom is 0.232 e. The molecule has 0 radical (unpaired) electrons. The average Bonchev–Trinajstić information content (AvgIpc) is 2.25. The first-order valence-electron chi connectivity index (χ1n) is 5.13. The van der Waals surface area contributed by atoms with Crippen LogP contribution < -0.4 is 5.32 Å². The Morgan fingerprint density at radius 3 is 2.50 bits per heavy atom. The van der Waals surface area contributed by atoms with Gasteiger partial charge in [-0.15, -0.1) is 0 Å². The number of nitrogens with one attached hydrogen (secondary N) is 1. The van der Waals surface area contributed by atoms with Crippen molar-refractivity contribution in [2.24, 2.45) is 0 Å². The highest BCUT2D eigenvalue weighted by atomic mass is 16.2. The van der Waals surface area contributed by atoms with Crippen LogP contribution >= 0.6 is 0 Å². The molecular formula is C12H15NO. The van der Waals surface area contributed by atoms with Gasteiger partial charge in [0.25, 0.3) is 0 Å². The molecule has 0 unspecified atom stereocenters. The molecule has 0 aromatic heterocycles. The Hall–Kier alpha value is -1.31. The third-order valence-electron chi connectivity index (χ3n) is 2.99. The lowest BCUT2D eigenvalue weighted by atomic mass is 9.71. The van der Waals surface area contributed by atoms with E-state index in [2.05, 4.69) is 24.4 Å². The molecule has 1 heterocycles. The van der Waals surface area contributed by atoms with Crippen LogP contribution in [-0.2, 0) is 10.2 Å². The number of rotatable bonds is 3. The summed E-state index contributed by atoms with van der Waals surface area (Å²) in [6.07, 6.45) is 1.99. The van der Waals surface area contributed by atoms with E-state index in [0.29, 0.717) is 0 Å². The van der Waals surface area contributed by atoms with Crippen LogP contribution in [0.2, 0.25) is 0 Å². The van der Waals surface area contributed by atoms with Crippen molar-refractivity contribution in [1.82, 2.24) is 5.32 Å². The van der Waals surface area contributed by atoms with E-state index in [0.717, 1.165) is 24.9 Å². The molecule has 1 aliphatic rings. The zero-order valence-electron chi connectivity index (χ0n) is 8.42. The Labute approximate surface area is 84.3 Å². The Morgan fingerprint density at radius 2 is 2.07 bits per heavy atom. The van der Waals surface area contributed by atoms with Crippen molar-refractivity contribution in [2.75, 3.05) is 6.54 Å². The number of amides is 1. The molecule has 0 bridgehead atoms. The molecule has 2 rings (SSSR count). The van der Waals surface area contributed by atoms with Crippen LogP contribution in [0.3, 0.4) is 0 Å². The second-order valence-electron chi connectivity index (χ2n) is 3.88. The zero-order chi connectivity index (χ0) is 10.0. The average molecular weight is 189 g/mol. The molecule has 0 saturated carbocycles. The fourth-order valence-electron chi connectivity index (χ4n) is 2.14. The van der Waals surface area contributed by atoms with Gasteiger partial charge in [-0.25, -0.2) is 0 Å². The van der Waals surface area contributed by atoms with Crippen LogP contribution in [0.4, 0.5) is 0 Å². The summed E-state index contributed by atoms with van der Waals surface area (Å²) in [5, 5.41) is 2.84. The second-order valence-corrected chi connectivity index (χ2v) is 3.88. The lowest BCUT2D eigenvalue weighted by molar-refractivity contribution is -0.134. The van der Waals surface area contributed by atoms with E-state index in [1.165, 1.54) is 0 Å². The maximum atomic E-state index is 11.6. The molecule has 74 valence electrons. The minimum atomic E-state index is -0.226. The van der Waals surface area contributed by atoms with Gasteiger partial charge >= 0.3 is 0 Å². The van der Waals surface area contributed by atoms with Gasteiger partial charge in [0.15, 0.2) is 0 Å². The van der Waals surface area contributed by atoms with Crippen molar-refractivity contribution in [3.63, 3.8) is 0 Å². The number of β-lactam (4-membered cyclic amide) rings is 1. The summed E-state index contributed by atoms with van der Waals surface area (Å²) in [6, 6.07) is 10.1. The van der Waals surface area contributed by atoms with E-state index in [4.69, 9.17) is 0 Å². The molecule has 1 N–H and O–H groups in total. The standard InChI is InChI=1S/C12H15NO/c1-2-8-12(9-13-11(12)14)10-6-4-3-5-7-10/h3-7H,2,8-9H2,1H3,(H,13,14)/t12-/m1/s1. The highest BCUT2D eigenvalue weighted by molar-refractivity contribution is 5.94. The molecule has 1 amide bonds. The molecule has 14 heavy (non-hydrogen) atoms. The van der Waals surface area contributed by atoms with Crippen molar-refractivity contribution >= 4 is 5.91 Å². The van der Waals surface area contributed by atoms with Gasteiger partial charge in [0, 0.05) is 6.54 Å². The first kappa shape index (κ1) is 9.25. The monoisotopic (exact) mass is 189 g/mol. The van der Waals surface area contributed by atoms with Gasteiger partial charge in [-0.2, -0.15) is 0 Å². The summed E-state index contributed by atoms with van der Waals surface area (Å²) in [7, 11) is 0. The van der Waals surface area contributed by atoms with Crippen LogP contribution in [0.5, 0.6) is 0 Å². The van der Waals surface area contributed by atoms with Crippen molar-refractivity contribution in [1.29, 1.82) is 0 Å². The minimum absolute atomic E-state index is 0.186. The van der Waals surface area contributed by atoms with Crippen molar-refractivity contribution in [2.45, 2.75) is 25.2 Å². The minimum Gasteiger partial charge on any atom is -0.354 e. The van der Waals surface area contributed by atoms with Gasteiger partial charge in [0.05, 0.1) is 5.41 Å². The summed E-state index contributed by atoms with van der Waals surface area (Å²) in [5.41, 5.74) is 0.932. The summed E-state index contributed by atoms with van der Waals surface area (Å²) in [6.45, 7) is 2.92. The molecule has 2 nitrogen and oxygen atoms in total. The Kier molecular flexibility index (Phi) is 2.28. The van der Waals surface area contributed by atoms with E-state index in [1.54, 1.807) is 0 Å². The first-order valence-corrected chi connectivity index (χ1v) is 5.13. The predicted octanol–water partition coefficient (Wildman–Crippen LogP) is 1.85. The molecule has 2 heteroatoms. The van der Waals surface area contributed by atoms with Crippen LogP contribution in [0.15, 0.2) is 30.3 Å². The van der Waals surface area contributed by atoms with Crippen LogP contribution in [-0.4, -0.2) is 12.5 Å². The number of benzene rings is 1. The Bertz CT molecular complexity index is 333. The summed E-state index contributed by atoms with van der Waals surface area (Å²) < 4.78 is 0. The molecule has 0 spiro atoms. The molecule has 1 fully saturated rings. The van der Waals surface area contributed by atoms with Crippen molar-refractivity contribution < 1.29 is 4.79 Å². The van der Waals surface area contributed by atoms with Gasteiger partial charge in [-0.3, -0.25) is 4.79 Å². The zero-order valence-corrected chi connectivity index (χ0v) is 8.42. The largest absolute Gasteiger partial charge is 0.354 e. The third kappa shape index (κ3) is 1.22. The molecule has 1 aromatic carbocycles. The maximum absolute atomic E-state index is 11.6. The normalized spacial score (nSPS) is 25.4. The van der Waals surface area contributed by atoms with Gasteiger partial charge < -0.3 is 5.32 Å². The quantitative estimate of drug-likeness (QED) is 0.722. The number of hydrogen-bond donors (Lipinski definition) is 1. The van der Waals surface area contributed by atoms with Gasteiger partial charge in [-0.1, -0.05) is 43.7 Å². The smallest absolute Gasteiger partial charge is 0.232 e. The third-order valence-corrected chi connectivity index (χ3v) is 2.99. The van der Waals surface area contributed by atoms with Gasteiger partial charge in [0.1, 0.15) is 0 Å². The van der Waals surface area contributed by atoms with Crippen molar-refractivity contribution in [3.8, 4) is 0 Å². The van der Waals surface area contributed by atoms with Gasteiger partial charge in [-0.05, 0) is 12.0 Å². The summed E-state index contributed by atoms with van der Waals surface area (Å²) in [4.78, 5) is 11.6. The summed E-state index contributed by atoms with van der Waals surface area (Å²) >= 11 is 0. The molecule has 1 saturated heterocycles. The lowest BCUT2D eigenvalue weighted by Crippen LogP contribution is -2.62. The first-order chi connectivity index (χ1) is 6.79. The number of carbonyl (C=O) groups is 1. The van der Waals surface area contributed by atoms with E-state index in [-0.39, 0.29) is 11.3 Å². The van der Waals surface area contributed by atoms with Crippen LogP contribution in [0, 0.1) is 0 Å². The molecular weight excluding hydrogens is 174 g/mol. The Balaban J connectivity index is 2.33. The van der Waals surface area contributed by atoms with Crippen molar-refractivity contribution in [3.05, 3.63) is 35.9 Å². The summed E-state index contributed by atoms with van der Waals surface area (Å²) in [5.74, 6) is 0.186. The molecule has 1 aromatic rings. The van der Waals surface area contributed by atoms with Crippen LogP contribution in [0.1, 0.15) is 25.3 Å². The SMILES string of the molecule is CCC[C@]1(c2ccccc2)CNC1=O. The van der Waals surface area contributed by atoms with E-state index in [1.807, 2.05) is 18.2 Å². The van der Waals surface area contributed by atoms with E-state index < -0.39 is 0 Å².